The minimum Gasteiger partial charge on any atom is -0.495 e. The molecule has 2 N–H and O–H groups in total. The molecule has 0 spiro atoms. The van der Waals surface area contributed by atoms with E-state index in [-0.39, 0.29) is 18.4 Å². The van der Waals surface area contributed by atoms with Crippen molar-refractivity contribution in [2.75, 3.05) is 7.11 Å². The normalized spacial score (nSPS) is 17.8. The van der Waals surface area contributed by atoms with Crippen LogP contribution in [0.1, 0.15) is 18.4 Å². The third-order valence-electron chi connectivity index (χ3n) is 3.09. The minimum absolute atomic E-state index is 0.101. The Hall–Kier alpha value is -1.46. The van der Waals surface area contributed by atoms with E-state index in [9.17, 15) is 9.59 Å². The van der Waals surface area contributed by atoms with Crippen LogP contribution in [0.25, 0.3) is 0 Å². The predicted octanol–water partition coefficient (Wildman–Crippen LogP) is 1.90. The van der Waals surface area contributed by atoms with Crippen molar-refractivity contribution in [2.45, 2.75) is 25.4 Å². The molecule has 1 atom stereocenters. The summed E-state index contributed by atoms with van der Waals surface area (Å²) in [5.41, 5.74) is 0.690. The number of ether oxygens (including phenoxy) is 1. The van der Waals surface area contributed by atoms with Gasteiger partial charge < -0.3 is 15.4 Å². The minimum atomic E-state index is -0.463. The summed E-state index contributed by atoms with van der Waals surface area (Å²) in [6.07, 6.45) is 0.898. The Bertz CT molecular complexity index is 549. The highest BCUT2D eigenvalue weighted by atomic mass is 35.5. The van der Waals surface area contributed by atoms with Gasteiger partial charge in [0.1, 0.15) is 11.8 Å². The van der Waals surface area contributed by atoms with E-state index >= 15 is 0 Å². The fourth-order valence-electron chi connectivity index (χ4n) is 1.98. The van der Waals surface area contributed by atoms with Gasteiger partial charge in [0.05, 0.1) is 12.1 Å². The maximum absolute atomic E-state index is 11.9. The number of carbonyl (C=O) groups excluding carboxylic acids is 2. The molecule has 5 nitrogen and oxygen atoms in total. The highest BCUT2D eigenvalue weighted by molar-refractivity contribution is 6.34. The van der Waals surface area contributed by atoms with Crippen LogP contribution in [-0.4, -0.2) is 25.0 Å². The molecule has 1 aliphatic rings. The highest BCUT2D eigenvalue weighted by Gasteiger charge is 2.26. The van der Waals surface area contributed by atoms with Crippen LogP contribution in [0.15, 0.2) is 12.1 Å². The maximum Gasteiger partial charge on any atom is 0.242 e. The second-order valence-corrected chi connectivity index (χ2v) is 5.27. The van der Waals surface area contributed by atoms with Crippen LogP contribution in [0.2, 0.25) is 10.0 Å². The number of carbonyl (C=O) groups is 2. The summed E-state index contributed by atoms with van der Waals surface area (Å²) < 4.78 is 5.05. The standard InChI is InChI=1S/C13H14Cl2N2O3/c1-20-11-5-8(14)7(4-9(11)15)6-16-13(19)10-2-3-12(18)17-10/h4-5,10H,2-3,6H2,1H3,(H,16,19)(H,17,18). The van der Waals surface area contributed by atoms with Gasteiger partial charge in [0.25, 0.3) is 0 Å². The van der Waals surface area contributed by atoms with Crippen LogP contribution in [-0.2, 0) is 16.1 Å². The second kappa shape index (κ2) is 6.33. The lowest BCUT2D eigenvalue weighted by atomic mass is 10.2. The van der Waals surface area contributed by atoms with Gasteiger partial charge in [-0.15, -0.1) is 0 Å². The smallest absolute Gasteiger partial charge is 0.242 e. The summed E-state index contributed by atoms with van der Waals surface area (Å²) in [5, 5.41) is 6.22. The molecule has 0 aliphatic carbocycles. The molecule has 108 valence electrons. The van der Waals surface area contributed by atoms with E-state index < -0.39 is 6.04 Å². The second-order valence-electron chi connectivity index (χ2n) is 4.45. The molecule has 7 heteroatoms. The largest absolute Gasteiger partial charge is 0.495 e. The Labute approximate surface area is 126 Å². The van der Waals surface area contributed by atoms with Crippen molar-refractivity contribution < 1.29 is 14.3 Å². The fraction of sp³-hybridized carbons (Fsp3) is 0.385. The zero-order valence-electron chi connectivity index (χ0n) is 10.8. The van der Waals surface area contributed by atoms with Gasteiger partial charge in [0.2, 0.25) is 11.8 Å². The summed E-state index contributed by atoms with van der Waals surface area (Å²) in [5.74, 6) is 0.157. The Kier molecular flexibility index (Phi) is 4.73. The maximum atomic E-state index is 11.9. The predicted molar refractivity (Wildman–Crippen MR) is 76.0 cm³/mol. The molecule has 1 unspecified atom stereocenters. The van der Waals surface area contributed by atoms with E-state index in [2.05, 4.69) is 10.6 Å². The summed E-state index contributed by atoms with van der Waals surface area (Å²) in [4.78, 5) is 22.9. The van der Waals surface area contributed by atoms with Gasteiger partial charge in [-0.05, 0) is 18.1 Å². The fourth-order valence-corrected chi connectivity index (χ4v) is 2.46. The van der Waals surface area contributed by atoms with Crippen molar-refractivity contribution in [1.82, 2.24) is 10.6 Å². The van der Waals surface area contributed by atoms with Crippen LogP contribution in [0.3, 0.4) is 0 Å². The van der Waals surface area contributed by atoms with Gasteiger partial charge in [-0.3, -0.25) is 9.59 Å². The number of halogens is 2. The number of benzene rings is 1. The van der Waals surface area contributed by atoms with Crippen molar-refractivity contribution >= 4 is 35.0 Å². The first-order valence-corrected chi connectivity index (χ1v) is 6.86. The zero-order chi connectivity index (χ0) is 14.7. The molecule has 1 saturated heterocycles. The van der Waals surface area contributed by atoms with Crippen LogP contribution >= 0.6 is 23.2 Å². The summed E-state index contributed by atoms with van der Waals surface area (Å²) in [6.45, 7) is 0.244. The number of hydrogen-bond donors (Lipinski definition) is 2. The molecule has 20 heavy (non-hydrogen) atoms. The first-order valence-electron chi connectivity index (χ1n) is 6.10. The molecule has 0 aromatic heterocycles. The first-order chi connectivity index (χ1) is 9.51. The third kappa shape index (κ3) is 3.35. The van der Waals surface area contributed by atoms with Crippen LogP contribution in [0.4, 0.5) is 0 Å². The number of nitrogens with one attached hydrogen (secondary N) is 2. The summed E-state index contributed by atoms with van der Waals surface area (Å²) in [6, 6.07) is 2.79. The molecular formula is C13H14Cl2N2O3. The summed E-state index contributed by atoms with van der Waals surface area (Å²) in [7, 11) is 1.50. The van der Waals surface area contributed by atoms with Gasteiger partial charge in [0, 0.05) is 24.1 Å². The van der Waals surface area contributed by atoms with Gasteiger partial charge in [-0.2, -0.15) is 0 Å². The van der Waals surface area contributed by atoms with Crippen LogP contribution in [0.5, 0.6) is 5.75 Å². The Balaban J connectivity index is 1.98. The van der Waals surface area contributed by atoms with Crippen molar-refractivity contribution in [3.05, 3.63) is 27.7 Å². The van der Waals surface area contributed by atoms with Crippen molar-refractivity contribution in [3.63, 3.8) is 0 Å². The van der Waals surface area contributed by atoms with E-state index in [1.807, 2.05) is 0 Å². The summed E-state index contributed by atoms with van der Waals surface area (Å²) >= 11 is 12.1. The number of rotatable bonds is 4. The topological polar surface area (TPSA) is 67.4 Å². The van der Waals surface area contributed by atoms with Gasteiger partial charge >= 0.3 is 0 Å². The van der Waals surface area contributed by atoms with Gasteiger partial charge in [0.15, 0.2) is 0 Å². The molecule has 0 bridgehead atoms. The Morgan fingerprint density at radius 1 is 1.45 bits per heavy atom. The lowest BCUT2D eigenvalue weighted by molar-refractivity contribution is -0.125. The molecule has 1 aromatic carbocycles. The third-order valence-corrected chi connectivity index (χ3v) is 3.73. The van der Waals surface area contributed by atoms with E-state index in [1.54, 1.807) is 12.1 Å². The van der Waals surface area contributed by atoms with Crippen molar-refractivity contribution in [3.8, 4) is 5.75 Å². The van der Waals surface area contributed by atoms with Crippen LogP contribution < -0.4 is 15.4 Å². The highest BCUT2D eigenvalue weighted by Crippen LogP contribution is 2.30. The zero-order valence-corrected chi connectivity index (χ0v) is 12.3. The lowest BCUT2D eigenvalue weighted by Crippen LogP contribution is -2.41. The van der Waals surface area contributed by atoms with Gasteiger partial charge in [-0.1, -0.05) is 23.2 Å². The molecule has 0 saturated carbocycles. The average Bonchev–Trinajstić information content (AvgIpc) is 2.85. The van der Waals surface area contributed by atoms with E-state index in [0.717, 1.165) is 0 Å². The van der Waals surface area contributed by atoms with Crippen molar-refractivity contribution in [2.24, 2.45) is 0 Å². The molecule has 1 fully saturated rings. The SMILES string of the molecule is COc1cc(Cl)c(CNC(=O)C2CCC(=O)N2)cc1Cl. The average molecular weight is 317 g/mol. The number of methoxy groups -OCH3 is 1. The molecule has 2 amide bonds. The molecule has 2 rings (SSSR count). The molecule has 0 radical (unpaired) electrons. The Morgan fingerprint density at radius 3 is 2.80 bits per heavy atom. The van der Waals surface area contributed by atoms with E-state index in [0.29, 0.717) is 34.2 Å². The number of amides is 2. The van der Waals surface area contributed by atoms with Crippen LogP contribution in [0, 0.1) is 0 Å². The van der Waals surface area contributed by atoms with E-state index in [1.165, 1.54) is 7.11 Å². The monoisotopic (exact) mass is 316 g/mol. The molecule has 1 heterocycles. The van der Waals surface area contributed by atoms with Crippen molar-refractivity contribution in [1.29, 1.82) is 0 Å². The molecule has 1 aromatic rings. The Morgan fingerprint density at radius 2 is 2.20 bits per heavy atom. The molecular weight excluding hydrogens is 303 g/mol. The van der Waals surface area contributed by atoms with E-state index in [4.69, 9.17) is 27.9 Å². The quantitative estimate of drug-likeness (QED) is 0.891. The lowest BCUT2D eigenvalue weighted by Gasteiger charge is -2.13. The number of hydrogen-bond acceptors (Lipinski definition) is 3. The first kappa shape index (κ1) is 14.9. The molecule has 1 aliphatic heterocycles. The van der Waals surface area contributed by atoms with Gasteiger partial charge in [-0.25, -0.2) is 0 Å².